The van der Waals surface area contributed by atoms with Crippen LogP contribution >= 0.6 is 0 Å². The van der Waals surface area contributed by atoms with Crippen molar-refractivity contribution in [1.29, 1.82) is 0 Å². The Labute approximate surface area is 372 Å². The van der Waals surface area contributed by atoms with Crippen molar-refractivity contribution < 1.29 is 37.4 Å². The van der Waals surface area contributed by atoms with Crippen LogP contribution in [-0.4, -0.2) is 133 Å². The number of carbonyl (C=O) groups is 4. The molecular formula is C47H60F2N8O7. The molecule has 0 spiro atoms. The first-order valence-electron chi connectivity index (χ1n) is 22.4. The van der Waals surface area contributed by atoms with E-state index in [0.717, 1.165) is 92.0 Å². The molecule has 5 aliphatic heterocycles. The molecule has 1 atom stereocenters. The average molecular weight is 887 g/mol. The number of aromatic nitrogens is 1. The number of urea groups is 1. The van der Waals surface area contributed by atoms with E-state index in [4.69, 9.17) is 9.47 Å². The van der Waals surface area contributed by atoms with Gasteiger partial charge in [-0.15, -0.1) is 0 Å². The van der Waals surface area contributed by atoms with Gasteiger partial charge in [0.25, 0.3) is 17.9 Å². The number of hydrogen-bond acceptors (Lipinski definition) is 10. The van der Waals surface area contributed by atoms with Crippen LogP contribution in [-0.2, 0) is 42.7 Å². The van der Waals surface area contributed by atoms with E-state index in [-0.39, 0.29) is 42.4 Å². The van der Waals surface area contributed by atoms with Gasteiger partial charge in [0, 0.05) is 99.9 Å². The van der Waals surface area contributed by atoms with Crippen molar-refractivity contribution in [3.63, 3.8) is 0 Å². The van der Waals surface area contributed by atoms with Crippen molar-refractivity contribution in [2.75, 3.05) is 71.5 Å². The van der Waals surface area contributed by atoms with Crippen LogP contribution in [0.4, 0.5) is 19.3 Å². The van der Waals surface area contributed by atoms with Crippen LogP contribution in [0.5, 0.6) is 11.5 Å². The van der Waals surface area contributed by atoms with E-state index in [2.05, 4.69) is 45.2 Å². The number of benzene rings is 2. The Hall–Kier alpha value is -5.55. The van der Waals surface area contributed by atoms with Crippen LogP contribution in [0.2, 0.25) is 0 Å². The van der Waals surface area contributed by atoms with Gasteiger partial charge in [-0.25, -0.2) is 13.6 Å². The van der Waals surface area contributed by atoms with E-state index < -0.39 is 31.0 Å². The minimum atomic E-state index is -2.66. The molecule has 64 heavy (non-hydrogen) atoms. The maximum Gasteiger partial charge on any atom is 0.317 e. The van der Waals surface area contributed by atoms with Crippen molar-refractivity contribution >= 4 is 29.4 Å². The van der Waals surface area contributed by atoms with E-state index in [1.165, 1.54) is 9.47 Å². The summed E-state index contributed by atoms with van der Waals surface area (Å²) in [4.78, 5) is 74.0. The van der Waals surface area contributed by atoms with Crippen molar-refractivity contribution in [2.24, 2.45) is 13.0 Å². The summed E-state index contributed by atoms with van der Waals surface area (Å²) in [6.07, 6.45) is 3.39. The Morgan fingerprint density at radius 1 is 0.906 bits per heavy atom. The van der Waals surface area contributed by atoms with Crippen LogP contribution in [0.15, 0.2) is 41.3 Å². The molecule has 0 bridgehead atoms. The number of carbonyl (C=O) groups excluding carboxylic acids is 4. The van der Waals surface area contributed by atoms with Gasteiger partial charge in [0.2, 0.25) is 11.8 Å². The van der Waals surface area contributed by atoms with Gasteiger partial charge in [-0.3, -0.25) is 29.4 Å². The monoisotopic (exact) mass is 886 g/mol. The number of anilines is 1. The van der Waals surface area contributed by atoms with Gasteiger partial charge in [0.05, 0.1) is 32.9 Å². The number of amides is 5. The van der Waals surface area contributed by atoms with Crippen molar-refractivity contribution in [2.45, 2.75) is 90.0 Å². The summed E-state index contributed by atoms with van der Waals surface area (Å²) in [7, 11) is 4.96. The number of halogens is 2. The van der Waals surface area contributed by atoms with Gasteiger partial charge in [-0.05, 0) is 99.4 Å². The van der Waals surface area contributed by atoms with E-state index >= 15 is 0 Å². The smallest absolute Gasteiger partial charge is 0.317 e. The number of ether oxygens (including phenoxy) is 2. The number of pyridine rings is 1. The summed E-state index contributed by atoms with van der Waals surface area (Å²) in [6, 6.07) is 8.80. The minimum absolute atomic E-state index is 0.0224. The van der Waals surface area contributed by atoms with Crippen LogP contribution < -0.4 is 30.6 Å². The zero-order valence-corrected chi connectivity index (χ0v) is 37.5. The van der Waals surface area contributed by atoms with Crippen molar-refractivity contribution in [3.05, 3.63) is 74.7 Å². The van der Waals surface area contributed by atoms with Crippen LogP contribution in [0, 0.1) is 5.92 Å². The highest BCUT2D eigenvalue weighted by Gasteiger charge is 2.40. The van der Waals surface area contributed by atoms with Crippen LogP contribution in [0.3, 0.4) is 0 Å². The summed E-state index contributed by atoms with van der Waals surface area (Å²) in [6.45, 7) is 10.7. The molecular weight excluding hydrogens is 827 g/mol. The fraction of sp³-hybridized carbons (Fsp3) is 0.553. The fourth-order valence-electron chi connectivity index (χ4n) is 10.3. The van der Waals surface area contributed by atoms with Gasteiger partial charge in [0.1, 0.15) is 17.5 Å². The maximum absolute atomic E-state index is 13.4. The third-order valence-electron chi connectivity index (χ3n) is 14.0. The molecule has 5 amide bonds. The van der Waals surface area contributed by atoms with E-state index in [9.17, 15) is 32.8 Å². The lowest BCUT2D eigenvalue weighted by molar-refractivity contribution is -0.136. The number of alkyl halides is 2. The minimum Gasteiger partial charge on any atom is -0.496 e. The number of aryl methyl sites for hydroxylation is 1. The standard InChI is InChI=1S/C47H60F2N8O7/c1-47(2)28-53(14-10-29-11-15-54(16-12-29)32-7-6-30-24-57(45(61)34(30)22-32)38-8-9-42(58)51-43(38)59)18-19-56(47)27-37-39(63-4)20-31(21-40(37)64-5)35-25-52(3)44(60)36-26-55(17-13-33(35)36)46(62)50-23-41(48)49/h6-7,20-22,25,29,38,41H,8-19,23-24,26-28H2,1-5H3,(H,50,62)(H,51,58,59). The van der Waals surface area contributed by atoms with Crippen LogP contribution in [0.25, 0.3) is 11.1 Å². The number of imide groups is 1. The molecule has 17 heteroatoms. The zero-order valence-electron chi connectivity index (χ0n) is 37.5. The number of hydrogen-bond donors (Lipinski definition) is 2. The number of fused-ring (bicyclic) bond motifs is 2. The molecule has 3 fully saturated rings. The van der Waals surface area contributed by atoms with E-state index in [1.54, 1.807) is 32.4 Å². The molecule has 344 valence electrons. The first kappa shape index (κ1) is 45.0. The third kappa shape index (κ3) is 9.19. The molecule has 0 saturated carbocycles. The molecule has 2 N–H and O–H groups in total. The lowest BCUT2D eigenvalue weighted by Gasteiger charge is -2.48. The highest BCUT2D eigenvalue weighted by atomic mass is 19.3. The zero-order chi connectivity index (χ0) is 45.4. The maximum atomic E-state index is 13.4. The fourth-order valence-corrected chi connectivity index (χ4v) is 10.3. The number of piperazine rings is 1. The molecule has 3 aromatic rings. The molecule has 2 aromatic carbocycles. The van der Waals surface area contributed by atoms with E-state index in [1.807, 2.05) is 24.3 Å². The number of nitrogens with one attached hydrogen (secondary N) is 2. The SMILES string of the molecule is COc1cc(-c2cn(C)c(=O)c3c2CCN(C(=O)NCC(F)F)C3)cc(OC)c1CN1CCN(CCC2CCN(c3ccc4c(c3)C(=O)N(C3CCC(=O)NC3=O)C4)CC2)CC1(C)C. The molecule has 0 radical (unpaired) electrons. The Morgan fingerprint density at radius 3 is 2.31 bits per heavy atom. The Kier molecular flexibility index (Phi) is 13.0. The molecule has 8 rings (SSSR count). The third-order valence-corrected chi connectivity index (χ3v) is 14.0. The van der Waals surface area contributed by atoms with Crippen molar-refractivity contribution in [1.82, 2.24) is 34.8 Å². The summed E-state index contributed by atoms with van der Waals surface area (Å²) in [5.74, 6) is 1.13. The van der Waals surface area contributed by atoms with E-state index in [0.29, 0.717) is 54.5 Å². The largest absolute Gasteiger partial charge is 0.496 e. The first-order chi connectivity index (χ1) is 30.6. The second-order valence-electron chi connectivity index (χ2n) is 18.5. The second-order valence-corrected chi connectivity index (χ2v) is 18.5. The van der Waals surface area contributed by atoms with Crippen LogP contribution in [0.1, 0.15) is 78.6 Å². The predicted octanol–water partition coefficient (Wildman–Crippen LogP) is 4.37. The summed E-state index contributed by atoms with van der Waals surface area (Å²) < 4.78 is 39.1. The molecule has 1 aromatic heterocycles. The molecule has 6 heterocycles. The normalized spacial score (nSPS) is 20.7. The highest BCUT2D eigenvalue weighted by Crippen LogP contribution is 2.40. The highest BCUT2D eigenvalue weighted by molar-refractivity contribution is 6.05. The second kappa shape index (κ2) is 18.5. The predicted molar refractivity (Wildman–Crippen MR) is 237 cm³/mol. The van der Waals surface area contributed by atoms with Gasteiger partial charge in [-0.1, -0.05) is 6.07 Å². The van der Waals surface area contributed by atoms with Gasteiger partial charge in [0.15, 0.2) is 0 Å². The molecule has 15 nitrogen and oxygen atoms in total. The quantitative estimate of drug-likeness (QED) is 0.252. The summed E-state index contributed by atoms with van der Waals surface area (Å²) >= 11 is 0. The molecule has 1 unspecified atom stereocenters. The molecule has 5 aliphatic rings. The average Bonchev–Trinajstić information content (AvgIpc) is 3.61. The van der Waals surface area contributed by atoms with Gasteiger partial charge in [-0.2, -0.15) is 0 Å². The number of piperidine rings is 2. The first-order valence-corrected chi connectivity index (χ1v) is 22.4. The summed E-state index contributed by atoms with van der Waals surface area (Å²) in [5, 5.41) is 4.62. The summed E-state index contributed by atoms with van der Waals surface area (Å²) in [5.41, 5.74) is 6.08. The topological polar surface area (TPSA) is 149 Å². The van der Waals surface area contributed by atoms with Crippen molar-refractivity contribution in [3.8, 4) is 22.6 Å². The van der Waals surface area contributed by atoms with Gasteiger partial charge >= 0.3 is 6.03 Å². The number of methoxy groups -OCH3 is 2. The molecule has 3 saturated heterocycles. The Bertz CT molecular complexity index is 2340. The Balaban J connectivity index is 0.864. The van der Waals surface area contributed by atoms with Gasteiger partial charge < -0.3 is 39.0 Å². The lowest BCUT2D eigenvalue weighted by atomic mass is 9.91. The number of rotatable bonds is 12. The number of nitrogens with zero attached hydrogens (tertiary/aromatic N) is 6. The lowest BCUT2D eigenvalue weighted by Crippen LogP contribution is -2.58. The Morgan fingerprint density at radius 2 is 1.64 bits per heavy atom. The molecule has 0 aliphatic carbocycles.